The summed E-state index contributed by atoms with van der Waals surface area (Å²) in [7, 11) is 1.36. The number of carbonyl (C=O) groups is 3. The number of rotatable bonds is 8. The van der Waals surface area contributed by atoms with Crippen molar-refractivity contribution >= 4 is 28.4 Å². The van der Waals surface area contributed by atoms with Crippen LogP contribution < -0.4 is 0 Å². The summed E-state index contributed by atoms with van der Waals surface area (Å²) >= 11 is 0. The number of ether oxygens (including phenoxy) is 1. The van der Waals surface area contributed by atoms with Crippen LogP contribution in [0.1, 0.15) is 57.4 Å². The SMILES string of the molecule is CO[C@H]1[C@@H](C(=O)CCCC(C)(C)C)N(C(=O)Cn2nc(C(C)=O)c3ccccc32)C[C@@H]1F. The van der Waals surface area contributed by atoms with Crippen molar-refractivity contribution in [3.63, 3.8) is 0 Å². The molecule has 3 atom stereocenters. The van der Waals surface area contributed by atoms with Crippen LogP contribution in [0.2, 0.25) is 0 Å². The minimum absolute atomic E-state index is 0.0876. The monoisotopic (exact) mass is 445 g/mol. The van der Waals surface area contributed by atoms with Gasteiger partial charge in [0, 0.05) is 25.8 Å². The van der Waals surface area contributed by atoms with Crippen LogP contribution in [0.4, 0.5) is 4.39 Å². The van der Waals surface area contributed by atoms with Gasteiger partial charge in [0.05, 0.1) is 12.1 Å². The van der Waals surface area contributed by atoms with Crippen molar-refractivity contribution in [1.29, 1.82) is 0 Å². The summed E-state index contributed by atoms with van der Waals surface area (Å²) in [6.45, 7) is 7.32. The molecule has 1 aliphatic heterocycles. The first-order chi connectivity index (χ1) is 15.0. The Balaban J connectivity index is 1.82. The molecule has 0 N–H and O–H groups in total. The Morgan fingerprint density at radius 2 is 1.91 bits per heavy atom. The predicted octanol–water partition coefficient (Wildman–Crippen LogP) is 3.59. The molecule has 3 rings (SSSR count). The number of halogens is 1. The van der Waals surface area contributed by atoms with E-state index < -0.39 is 24.2 Å². The molecule has 0 unspecified atom stereocenters. The topological polar surface area (TPSA) is 81.5 Å². The van der Waals surface area contributed by atoms with Crippen molar-refractivity contribution < 1.29 is 23.5 Å². The minimum Gasteiger partial charge on any atom is -0.376 e. The molecule has 8 heteroatoms. The van der Waals surface area contributed by atoms with Crippen molar-refractivity contribution in [1.82, 2.24) is 14.7 Å². The average Bonchev–Trinajstić information content (AvgIpc) is 3.25. The van der Waals surface area contributed by atoms with Crippen LogP contribution in [0.15, 0.2) is 24.3 Å². The fourth-order valence-electron chi connectivity index (χ4n) is 4.34. The van der Waals surface area contributed by atoms with Crippen molar-refractivity contribution in [3.05, 3.63) is 30.0 Å². The Morgan fingerprint density at radius 1 is 1.22 bits per heavy atom. The van der Waals surface area contributed by atoms with Crippen molar-refractivity contribution in [2.24, 2.45) is 5.41 Å². The Labute approximate surface area is 187 Å². The number of amides is 1. The fraction of sp³-hybridized carbons (Fsp3) is 0.583. The number of methoxy groups -OCH3 is 1. The molecule has 7 nitrogen and oxygen atoms in total. The maximum Gasteiger partial charge on any atom is 0.245 e. The number of Topliss-reactive ketones (excluding diaryl/α,β-unsaturated/α-hetero) is 2. The van der Waals surface area contributed by atoms with E-state index in [2.05, 4.69) is 25.9 Å². The number of carbonyl (C=O) groups excluding carboxylic acids is 3. The Bertz CT molecular complexity index is 1010. The minimum atomic E-state index is -1.44. The number of nitrogens with zero attached hydrogens (tertiary/aromatic N) is 3. The van der Waals surface area contributed by atoms with Crippen LogP contribution in [0.3, 0.4) is 0 Å². The Morgan fingerprint density at radius 3 is 2.53 bits per heavy atom. The summed E-state index contributed by atoms with van der Waals surface area (Å²) in [5.74, 6) is -0.821. The van der Waals surface area contributed by atoms with Gasteiger partial charge in [0.1, 0.15) is 30.6 Å². The maximum atomic E-state index is 14.7. The first-order valence-electron chi connectivity index (χ1n) is 11.0. The molecule has 0 saturated carbocycles. The zero-order valence-electron chi connectivity index (χ0n) is 19.4. The lowest BCUT2D eigenvalue weighted by atomic mass is 9.88. The molecule has 1 aliphatic rings. The molecule has 1 aromatic carbocycles. The van der Waals surface area contributed by atoms with E-state index in [4.69, 9.17) is 4.74 Å². The molecule has 1 amide bonds. The van der Waals surface area contributed by atoms with Crippen LogP contribution in [0, 0.1) is 5.41 Å². The third kappa shape index (κ3) is 5.06. The number of aromatic nitrogens is 2. The lowest BCUT2D eigenvalue weighted by Crippen LogP contribution is -2.47. The number of hydrogen-bond acceptors (Lipinski definition) is 5. The number of ketones is 2. The molecule has 0 bridgehead atoms. The van der Waals surface area contributed by atoms with E-state index in [1.54, 1.807) is 24.3 Å². The molecule has 0 radical (unpaired) electrons. The van der Waals surface area contributed by atoms with Crippen LogP contribution in [0.25, 0.3) is 10.9 Å². The highest BCUT2D eigenvalue weighted by Crippen LogP contribution is 2.28. The average molecular weight is 446 g/mol. The summed E-state index contributed by atoms with van der Waals surface area (Å²) < 4.78 is 21.4. The number of benzene rings is 1. The number of para-hydroxylation sites is 1. The summed E-state index contributed by atoms with van der Waals surface area (Å²) in [6, 6.07) is 6.18. The van der Waals surface area contributed by atoms with Crippen molar-refractivity contribution in [3.8, 4) is 0 Å². The Kier molecular flexibility index (Phi) is 7.12. The zero-order chi connectivity index (χ0) is 23.6. The molecule has 2 heterocycles. The summed E-state index contributed by atoms with van der Waals surface area (Å²) in [6.07, 6.45) is -0.647. The van der Waals surface area contributed by atoms with E-state index in [0.29, 0.717) is 17.3 Å². The summed E-state index contributed by atoms with van der Waals surface area (Å²) in [5, 5.41) is 4.97. The van der Waals surface area contributed by atoms with E-state index in [-0.39, 0.29) is 42.2 Å². The van der Waals surface area contributed by atoms with Crippen molar-refractivity contribution in [2.45, 2.75) is 71.8 Å². The van der Waals surface area contributed by atoms with E-state index in [1.807, 2.05) is 0 Å². The molecular weight excluding hydrogens is 413 g/mol. The van der Waals surface area contributed by atoms with Crippen LogP contribution in [0.5, 0.6) is 0 Å². The zero-order valence-corrected chi connectivity index (χ0v) is 19.4. The predicted molar refractivity (Wildman–Crippen MR) is 119 cm³/mol. The van der Waals surface area contributed by atoms with E-state index in [1.165, 1.54) is 23.6 Å². The van der Waals surface area contributed by atoms with E-state index in [9.17, 15) is 18.8 Å². The fourth-order valence-corrected chi connectivity index (χ4v) is 4.34. The molecule has 32 heavy (non-hydrogen) atoms. The van der Waals surface area contributed by atoms with E-state index in [0.717, 1.165) is 6.42 Å². The number of hydrogen-bond donors (Lipinski definition) is 0. The van der Waals surface area contributed by atoms with Gasteiger partial charge in [-0.3, -0.25) is 19.1 Å². The smallest absolute Gasteiger partial charge is 0.245 e. The second kappa shape index (κ2) is 9.48. The molecule has 1 aromatic heterocycles. The standard InChI is InChI=1S/C24H32FN3O4/c1-15(29)21-16-9-6-7-10-18(16)28(26-21)14-20(31)27-13-17(25)23(32-5)22(27)19(30)11-8-12-24(2,3)4/h6-7,9-10,17,22-23H,8,11-14H2,1-5H3/t17-,22+,23+/m0/s1. The van der Waals surface area contributed by atoms with Gasteiger partial charge in [-0.1, -0.05) is 39.0 Å². The van der Waals surface area contributed by atoms with Gasteiger partial charge in [-0.2, -0.15) is 5.10 Å². The molecular formula is C24H32FN3O4. The Hall–Kier alpha value is -2.61. The third-order valence-corrected chi connectivity index (χ3v) is 5.92. The van der Waals surface area contributed by atoms with Crippen LogP contribution in [-0.4, -0.2) is 64.1 Å². The maximum absolute atomic E-state index is 14.7. The van der Waals surface area contributed by atoms with Gasteiger partial charge in [-0.25, -0.2) is 4.39 Å². The lowest BCUT2D eigenvalue weighted by Gasteiger charge is -2.27. The molecule has 1 saturated heterocycles. The third-order valence-electron chi connectivity index (χ3n) is 5.92. The van der Waals surface area contributed by atoms with E-state index >= 15 is 0 Å². The van der Waals surface area contributed by atoms with Crippen molar-refractivity contribution in [2.75, 3.05) is 13.7 Å². The quantitative estimate of drug-likeness (QED) is 0.580. The summed E-state index contributed by atoms with van der Waals surface area (Å²) in [4.78, 5) is 39.5. The van der Waals surface area contributed by atoms with Gasteiger partial charge >= 0.3 is 0 Å². The molecule has 1 fully saturated rings. The second-order valence-electron chi connectivity index (χ2n) is 9.67. The van der Waals surface area contributed by atoms with Gasteiger partial charge in [0.15, 0.2) is 11.6 Å². The lowest BCUT2D eigenvalue weighted by molar-refractivity contribution is -0.140. The largest absolute Gasteiger partial charge is 0.376 e. The number of fused-ring (bicyclic) bond motifs is 1. The second-order valence-corrected chi connectivity index (χ2v) is 9.67. The van der Waals surface area contributed by atoms with Gasteiger partial charge in [0.2, 0.25) is 5.91 Å². The number of alkyl halides is 1. The highest BCUT2D eigenvalue weighted by Gasteiger charge is 2.48. The highest BCUT2D eigenvalue weighted by molar-refractivity contribution is 6.05. The van der Waals surface area contributed by atoms with Crippen LogP contribution in [-0.2, 0) is 20.9 Å². The van der Waals surface area contributed by atoms with Crippen LogP contribution >= 0.6 is 0 Å². The van der Waals surface area contributed by atoms with Gasteiger partial charge in [0.25, 0.3) is 0 Å². The molecule has 2 aromatic rings. The molecule has 174 valence electrons. The van der Waals surface area contributed by atoms with Gasteiger partial charge in [-0.05, 0) is 24.3 Å². The first-order valence-corrected chi connectivity index (χ1v) is 11.0. The molecule has 0 aliphatic carbocycles. The summed E-state index contributed by atoms with van der Waals surface area (Å²) in [5.41, 5.74) is 1.01. The van der Waals surface area contributed by atoms with Gasteiger partial charge < -0.3 is 9.64 Å². The highest BCUT2D eigenvalue weighted by atomic mass is 19.1. The van der Waals surface area contributed by atoms with Gasteiger partial charge in [-0.15, -0.1) is 0 Å². The number of likely N-dealkylation sites (tertiary alicyclic amines) is 1. The first kappa shape index (κ1) is 24.0. The normalized spacial score (nSPS) is 21.3. The molecule has 0 spiro atoms.